The lowest BCUT2D eigenvalue weighted by atomic mass is 10.2. The number of fused-ring (bicyclic) bond motifs is 2. The van der Waals surface area contributed by atoms with Crippen molar-refractivity contribution in [1.82, 2.24) is 23.8 Å². The van der Waals surface area contributed by atoms with Crippen LogP contribution in [-0.2, 0) is 17.9 Å². The maximum absolute atomic E-state index is 13.0. The average molecular weight is 416 g/mol. The first-order chi connectivity index (χ1) is 15.0. The number of piperazine rings is 1. The number of amides is 1. The summed E-state index contributed by atoms with van der Waals surface area (Å²) in [6, 6.07) is 14.7. The van der Waals surface area contributed by atoms with E-state index in [2.05, 4.69) is 71.2 Å². The van der Waals surface area contributed by atoms with Crippen LogP contribution in [0.25, 0.3) is 16.6 Å². The van der Waals surface area contributed by atoms with Gasteiger partial charge in [0.05, 0.1) is 11.4 Å². The molecule has 31 heavy (non-hydrogen) atoms. The fourth-order valence-electron chi connectivity index (χ4n) is 4.67. The van der Waals surface area contributed by atoms with E-state index < -0.39 is 0 Å². The van der Waals surface area contributed by atoms with Crippen molar-refractivity contribution in [3.8, 4) is 0 Å². The van der Waals surface area contributed by atoms with E-state index in [1.807, 2.05) is 17.0 Å². The number of imidazole rings is 1. The number of para-hydroxylation sites is 1. The van der Waals surface area contributed by atoms with Gasteiger partial charge in [-0.15, -0.1) is 0 Å². The molecule has 6 nitrogen and oxygen atoms in total. The highest BCUT2D eigenvalue weighted by atomic mass is 16.2. The van der Waals surface area contributed by atoms with Crippen molar-refractivity contribution in [3.63, 3.8) is 0 Å². The summed E-state index contributed by atoms with van der Waals surface area (Å²) in [4.78, 5) is 22.2. The Morgan fingerprint density at radius 2 is 1.77 bits per heavy atom. The van der Waals surface area contributed by atoms with Gasteiger partial charge in [-0.1, -0.05) is 18.2 Å². The summed E-state index contributed by atoms with van der Waals surface area (Å²) in [6.07, 6.45) is 2.11. The van der Waals surface area contributed by atoms with Gasteiger partial charge in [0.15, 0.2) is 0 Å². The second-order valence-corrected chi connectivity index (χ2v) is 8.66. The molecule has 1 aliphatic rings. The quantitative estimate of drug-likeness (QED) is 0.512. The lowest BCUT2D eigenvalue weighted by molar-refractivity contribution is -0.133. The van der Waals surface area contributed by atoms with Crippen LogP contribution in [0.2, 0.25) is 0 Å². The second-order valence-electron chi connectivity index (χ2n) is 8.66. The molecule has 1 saturated heterocycles. The van der Waals surface area contributed by atoms with E-state index in [0.29, 0.717) is 6.54 Å². The molecule has 0 bridgehead atoms. The minimum atomic E-state index is 0.200. The second kappa shape index (κ2) is 7.85. The molecule has 0 N–H and O–H groups in total. The molecule has 0 radical (unpaired) electrons. The molecule has 6 heteroatoms. The Morgan fingerprint density at radius 3 is 2.58 bits per heavy atom. The van der Waals surface area contributed by atoms with E-state index in [1.165, 1.54) is 16.6 Å². The monoisotopic (exact) mass is 415 g/mol. The zero-order valence-corrected chi connectivity index (χ0v) is 18.5. The summed E-state index contributed by atoms with van der Waals surface area (Å²) < 4.78 is 4.33. The molecule has 1 aliphatic heterocycles. The Morgan fingerprint density at radius 1 is 1.00 bits per heavy atom. The third kappa shape index (κ3) is 3.72. The van der Waals surface area contributed by atoms with Gasteiger partial charge >= 0.3 is 0 Å². The largest absolute Gasteiger partial charge is 0.339 e. The van der Waals surface area contributed by atoms with Gasteiger partial charge in [0.1, 0.15) is 12.2 Å². The van der Waals surface area contributed by atoms with E-state index in [9.17, 15) is 4.79 Å². The number of aryl methyl sites for hydroxylation is 3. The van der Waals surface area contributed by atoms with Crippen LogP contribution in [0.15, 0.2) is 48.7 Å². The predicted molar refractivity (Wildman–Crippen MR) is 123 cm³/mol. The predicted octanol–water partition coefficient (Wildman–Crippen LogP) is 3.56. The first-order valence-corrected chi connectivity index (χ1v) is 11.0. The normalized spacial score (nSPS) is 15.3. The molecule has 0 saturated carbocycles. The zero-order valence-electron chi connectivity index (χ0n) is 18.5. The number of hydrogen-bond donors (Lipinski definition) is 0. The van der Waals surface area contributed by atoms with Crippen molar-refractivity contribution < 1.29 is 4.79 Å². The lowest BCUT2D eigenvalue weighted by Crippen LogP contribution is -2.49. The highest BCUT2D eigenvalue weighted by molar-refractivity contribution is 5.84. The highest BCUT2D eigenvalue weighted by Gasteiger charge is 2.23. The van der Waals surface area contributed by atoms with Crippen LogP contribution >= 0.6 is 0 Å². The van der Waals surface area contributed by atoms with Crippen LogP contribution in [0, 0.1) is 20.8 Å². The van der Waals surface area contributed by atoms with Crippen LogP contribution in [0.5, 0.6) is 0 Å². The third-order valence-electron chi connectivity index (χ3n) is 6.49. The van der Waals surface area contributed by atoms with Gasteiger partial charge in [0.2, 0.25) is 5.91 Å². The molecule has 160 valence electrons. The maximum atomic E-state index is 13.0. The fourth-order valence-corrected chi connectivity index (χ4v) is 4.67. The van der Waals surface area contributed by atoms with E-state index >= 15 is 0 Å². The van der Waals surface area contributed by atoms with Crippen molar-refractivity contribution in [2.45, 2.75) is 33.9 Å². The number of rotatable bonds is 4. The number of benzene rings is 1. The lowest BCUT2D eigenvalue weighted by Gasteiger charge is -2.35. The van der Waals surface area contributed by atoms with Crippen LogP contribution in [0.3, 0.4) is 0 Å². The summed E-state index contributed by atoms with van der Waals surface area (Å²) in [5, 5.41) is 1.19. The smallest absolute Gasteiger partial charge is 0.242 e. The topological polar surface area (TPSA) is 45.8 Å². The van der Waals surface area contributed by atoms with Crippen LogP contribution < -0.4 is 0 Å². The van der Waals surface area contributed by atoms with E-state index in [1.54, 1.807) is 0 Å². The Balaban J connectivity index is 1.24. The number of nitrogens with zero attached hydrogens (tertiary/aromatic N) is 5. The summed E-state index contributed by atoms with van der Waals surface area (Å²) in [5.41, 5.74) is 6.82. The maximum Gasteiger partial charge on any atom is 0.242 e. The Kier molecular flexibility index (Phi) is 5.02. The molecule has 0 atom stereocenters. The third-order valence-corrected chi connectivity index (χ3v) is 6.49. The first-order valence-electron chi connectivity index (χ1n) is 11.0. The van der Waals surface area contributed by atoms with Crippen molar-refractivity contribution in [1.29, 1.82) is 0 Å². The molecular weight excluding hydrogens is 386 g/mol. The number of carbonyl (C=O) groups is 1. The molecule has 4 heterocycles. The van der Waals surface area contributed by atoms with E-state index in [4.69, 9.17) is 4.98 Å². The Labute approximate surface area is 182 Å². The number of carbonyl (C=O) groups excluding carboxylic acids is 1. The van der Waals surface area contributed by atoms with Gasteiger partial charge in [-0.2, -0.15) is 0 Å². The zero-order chi connectivity index (χ0) is 21.5. The molecule has 1 amide bonds. The summed E-state index contributed by atoms with van der Waals surface area (Å²) in [6.45, 7) is 10.8. The van der Waals surface area contributed by atoms with Gasteiger partial charge in [-0.25, -0.2) is 4.98 Å². The van der Waals surface area contributed by atoms with Gasteiger partial charge < -0.3 is 13.9 Å². The molecule has 0 aliphatic carbocycles. The van der Waals surface area contributed by atoms with Gasteiger partial charge in [-0.05, 0) is 56.0 Å². The molecular formula is C25H29N5O. The summed E-state index contributed by atoms with van der Waals surface area (Å²) in [5.74, 6) is 0.200. The molecule has 1 aromatic carbocycles. The Bertz CT molecular complexity index is 1260. The molecule has 0 spiro atoms. The van der Waals surface area contributed by atoms with Crippen molar-refractivity contribution in [3.05, 3.63) is 71.3 Å². The van der Waals surface area contributed by atoms with Crippen LogP contribution in [0.1, 0.15) is 22.6 Å². The van der Waals surface area contributed by atoms with Gasteiger partial charge in [0, 0.05) is 50.1 Å². The van der Waals surface area contributed by atoms with E-state index in [0.717, 1.165) is 55.3 Å². The number of aromatic nitrogens is 3. The Hall–Kier alpha value is -3.12. The molecule has 5 rings (SSSR count). The summed E-state index contributed by atoms with van der Waals surface area (Å²) in [7, 11) is 0. The molecule has 3 aromatic heterocycles. The summed E-state index contributed by atoms with van der Waals surface area (Å²) >= 11 is 0. The van der Waals surface area contributed by atoms with Crippen molar-refractivity contribution >= 4 is 22.5 Å². The minimum Gasteiger partial charge on any atom is -0.339 e. The van der Waals surface area contributed by atoms with E-state index in [-0.39, 0.29) is 5.91 Å². The fraction of sp³-hybridized carbons (Fsp3) is 0.360. The van der Waals surface area contributed by atoms with Crippen LogP contribution in [0.4, 0.5) is 0 Å². The SMILES string of the molecule is Cc1ccn2c(CN3CCN(C(=O)Cn4c(C)cc5ccccc54)CC3)c(C)nc2c1. The molecule has 0 unspecified atom stereocenters. The average Bonchev–Trinajstić information content (AvgIpc) is 3.24. The van der Waals surface area contributed by atoms with Crippen molar-refractivity contribution in [2.75, 3.05) is 26.2 Å². The molecule has 1 fully saturated rings. The highest BCUT2D eigenvalue weighted by Crippen LogP contribution is 2.20. The van der Waals surface area contributed by atoms with Crippen LogP contribution in [-0.4, -0.2) is 55.8 Å². The minimum absolute atomic E-state index is 0.200. The first kappa shape index (κ1) is 19.8. The standard InChI is InChI=1S/C25H29N5O/c1-18-8-9-29-23(20(3)26-24(29)14-18)16-27-10-12-28(13-11-27)25(31)17-30-19(2)15-21-6-4-5-7-22(21)30/h4-9,14-15H,10-13,16-17H2,1-3H3. The van der Waals surface area contributed by atoms with Gasteiger partial charge in [0.25, 0.3) is 0 Å². The number of hydrogen-bond acceptors (Lipinski definition) is 3. The molecule has 4 aromatic rings. The van der Waals surface area contributed by atoms with Crippen molar-refractivity contribution in [2.24, 2.45) is 0 Å². The van der Waals surface area contributed by atoms with Gasteiger partial charge in [-0.3, -0.25) is 9.69 Å². The number of pyridine rings is 1.